The molecule has 3 rings (SSSR count). The van der Waals surface area contributed by atoms with Crippen molar-refractivity contribution in [2.24, 2.45) is 0 Å². The van der Waals surface area contributed by atoms with Crippen molar-refractivity contribution < 1.29 is 19.1 Å². The number of benzene rings is 2. The zero-order chi connectivity index (χ0) is 42.6. The van der Waals surface area contributed by atoms with E-state index >= 15 is 0 Å². The van der Waals surface area contributed by atoms with Crippen molar-refractivity contribution in [2.45, 2.75) is 258 Å². The second kappa shape index (κ2) is 36.6. The second-order valence-electron chi connectivity index (χ2n) is 17.6. The van der Waals surface area contributed by atoms with Crippen LogP contribution in [-0.2, 0) is 27.3 Å². The fourth-order valence-corrected chi connectivity index (χ4v) is 9.54. The molecule has 1 aliphatic heterocycles. The van der Waals surface area contributed by atoms with Crippen LogP contribution < -0.4 is 0 Å². The first-order chi connectivity index (χ1) is 29.1. The van der Waals surface area contributed by atoms with Crippen LogP contribution in [0, 0.1) is 0 Å². The van der Waals surface area contributed by atoms with Crippen molar-refractivity contribution in [3.8, 4) is 0 Å². The van der Waals surface area contributed by atoms with Gasteiger partial charge in [-0.05, 0) is 86.8 Å². The summed E-state index contributed by atoms with van der Waals surface area (Å²) in [6.45, 7) is 13.6. The van der Waals surface area contributed by atoms with Gasteiger partial charge in [0, 0.05) is 22.3 Å². The van der Waals surface area contributed by atoms with Gasteiger partial charge in [0.2, 0.25) is 11.4 Å². The monoisotopic (exact) mass is 853 g/mol. The Morgan fingerprint density at radius 3 is 0.983 bits per heavy atom. The molecule has 0 saturated heterocycles. The summed E-state index contributed by atoms with van der Waals surface area (Å²) in [6, 6.07) is 17.9. The number of allylic oxidation sites excluding steroid dienone is 2. The van der Waals surface area contributed by atoms with Crippen LogP contribution in [0.15, 0.2) is 59.7 Å². The molecule has 0 unspecified atom stereocenters. The van der Waals surface area contributed by atoms with E-state index in [2.05, 4.69) is 90.1 Å². The van der Waals surface area contributed by atoms with Gasteiger partial charge in [0.25, 0.3) is 0 Å². The summed E-state index contributed by atoms with van der Waals surface area (Å²) in [7, 11) is 0. The topological polar surface area (TPSA) is 25.3 Å². The Bertz CT molecular complexity index is 1350. The normalized spacial score (nSPS) is 12.9. The van der Waals surface area contributed by atoms with Gasteiger partial charge in [0.15, 0.2) is 0 Å². The molecule has 0 atom stereocenters. The van der Waals surface area contributed by atoms with Crippen LogP contribution in [0.3, 0.4) is 0 Å². The molecule has 0 aromatic heterocycles. The van der Waals surface area contributed by atoms with Crippen LogP contribution in [0.1, 0.15) is 256 Å². The Kier molecular flexibility index (Phi) is 33.0. The second-order valence-corrected chi connectivity index (χ2v) is 19.1. The van der Waals surface area contributed by atoms with Gasteiger partial charge in [-0.3, -0.25) is 0 Å². The fraction of sp³-hybridized carbons (Fsp3) is 0.714. The van der Waals surface area contributed by atoms with E-state index in [-0.39, 0.29) is 0 Å². The van der Waals surface area contributed by atoms with E-state index in [0.29, 0.717) is 0 Å². The van der Waals surface area contributed by atoms with E-state index < -0.39 is 0 Å². The summed E-state index contributed by atoms with van der Waals surface area (Å²) in [5.74, 6) is 0. The number of nitrogens with zero attached hydrogens (tertiary/aromatic N) is 2. The number of unbranched alkanes of at least 4 members (excludes halogenated alkanes) is 22. The van der Waals surface area contributed by atoms with Crippen molar-refractivity contribution in [2.75, 3.05) is 0 Å². The van der Waals surface area contributed by atoms with Gasteiger partial charge < -0.3 is 5.53 Å². The van der Waals surface area contributed by atoms with Crippen molar-refractivity contribution in [1.29, 1.82) is 0 Å². The van der Waals surface area contributed by atoms with Crippen LogP contribution >= 0.6 is 0 Å². The first-order valence-corrected chi connectivity index (χ1v) is 27.0. The first kappa shape index (κ1) is 53.2. The summed E-state index contributed by atoms with van der Waals surface area (Å²) in [5, 5.41) is 2.86. The number of hydrogen-bond donors (Lipinski definition) is 0. The van der Waals surface area contributed by atoms with Gasteiger partial charge in [0.05, 0.1) is 0 Å². The average molecular weight is 854 g/mol. The molecule has 2 nitrogen and oxygen atoms in total. The van der Waals surface area contributed by atoms with Gasteiger partial charge in [-0.25, -0.2) is 4.70 Å². The van der Waals surface area contributed by atoms with Crippen molar-refractivity contribution in [1.82, 2.24) is 0 Å². The molecule has 0 N–H and O–H groups in total. The standard InChI is InChI=1S/C34H48N2.2C11H23.Ni/c1-5-9-13-14-18-32-31(17-12-8-4)33(29-23-19-27(20-24-29)15-10-6-2)36(35)34(32)30-25-21-28(22-26-30)16-11-7-3;2*1-3-5-7-9-11-10-8-6-4-2;/h19-26H,5-18H2,1-4H3;2*1,3-11H2,2H3;. The van der Waals surface area contributed by atoms with Crippen molar-refractivity contribution in [3.63, 3.8) is 0 Å². The Hall–Kier alpha value is -1.99. The molecule has 0 bridgehead atoms. The third kappa shape index (κ3) is 23.2. The Balaban J connectivity index is 0.000000453. The van der Waals surface area contributed by atoms with E-state index in [4.69, 9.17) is 0 Å². The number of aryl methyl sites for hydroxylation is 2. The average Bonchev–Trinajstić information content (AvgIpc) is 3.54. The van der Waals surface area contributed by atoms with Crippen molar-refractivity contribution >= 4 is 11.4 Å². The van der Waals surface area contributed by atoms with E-state index in [0.717, 1.165) is 61.0 Å². The minimum absolute atomic E-state index is 1.00. The molecule has 0 fully saturated rings. The number of rotatable bonds is 36. The predicted octanol–water partition coefficient (Wildman–Crippen LogP) is 19.7. The zero-order valence-electron chi connectivity index (χ0n) is 39.9. The molecular formula is C56H94N2Ni. The number of hydrogen-bond acceptors (Lipinski definition) is 0. The summed E-state index contributed by atoms with van der Waals surface area (Å²) >= 11 is 2.03. The molecule has 0 saturated carbocycles. The maximum absolute atomic E-state index is 11.7. The Labute approximate surface area is 374 Å². The third-order valence-corrected chi connectivity index (χ3v) is 13.6. The molecule has 1 heterocycles. The summed E-state index contributed by atoms with van der Waals surface area (Å²) < 4.78 is 1.53. The Morgan fingerprint density at radius 1 is 0.339 bits per heavy atom. The molecule has 0 spiro atoms. The quantitative estimate of drug-likeness (QED) is 0.0371. The van der Waals surface area contributed by atoms with Crippen LogP contribution in [0.5, 0.6) is 0 Å². The fourth-order valence-electron chi connectivity index (χ4n) is 8.30. The van der Waals surface area contributed by atoms with E-state index in [1.165, 1.54) is 205 Å². The van der Waals surface area contributed by atoms with Crippen LogP contribution in [-0.4, -0.2) is 4.70 Å². The molecular weight excluding hydrogens is 759 g/mol. The van der Waals surface area contributed by atoms with Crippen LogP contribution in [0.4, 0.5) is 0 Å². The Morgan fingerprint density at radius 2 is 0.627 bits per heavy atom. The third-order valence-electron chi connectivity index (χ3n) is 12.2. The van der Waals surface area contributed by atoms with Gasteiger partial charge in [0.1, 0.15) is 0 Å². The molecule has 0 aliphatic carbocycles. The minimum atomic E-state index is 1.00. The molecule has 2 aromatic rings. The van der Waals surface area contributed by atoms with Gasteiger partial charge in [-0.1, -0.05) is 90.5 Å². The van der Waals surface area contributed by atoms with E-state index in [1.807, 2.05) is 14.4 Å². The van der Waals surface area contributed by atoms with Gasteiger partial charge in [-0.15, -0.1) is 0 Å². The maximum atomic E-state index is 11.7. The molecule has 0 radical (unpaired) electrons. The summed E-state index contributed by atoms with van der Waals surface area (Å²) in [5.41, 5.74) is 21.5. The first-order valence-electron chi connectivity index (χ1n) is 25.6. The summed E-state index contributed by atoms with van der Waals surface area (Å²) in [6.07, 6.45) is 42.7. The summed E-state index contributed by atoms with van der Waals surface area (Å²) in [4.78, 5) is 0. The SMILES string of the molecule is CCCCCCC1=C(c2ccc(CCCC)cc2)[N+](=[N-])C(c2ccc(CCCC)cc2)=C1CCCC.CCCCCCCCCC[CH2][Ni][CH2]CCCCCCCCCC. The van der Waals surface area contributed by atoms with Crippen LogP contribution in [0.2, 0.25) is 10.8 Å². The van der Waals surface area contributed by atoms with E-state index in [1.54, 1.807) is 0 Å². The molecule has 3 heteroatoms. The molecule has 338 valence electrons. The molecule has 0 amide bonds. The van der Waals surface area contributed by atoms with Gasteiger partial charge in [-0.2, -0.15) is 0 Å². The van der Waals surface area contributed by atoms with E-state index in [9.17, 15) is 5.53 Å². The van der Waals surface area contributed by atoms with Gasteiger partial charge >= 0.3 is 155 Å². The zero-order valence-corrected chi connectivity index (χ0v) is 40.9. The predicted molar refractivity (Wildman–Crippen MR) is 260 cm³/mol. The molecule has 2 aromatic carbocycles. The molecule has 59 heavy (non-hydrogen) atoms. The van der Waals surface area contributed by atoms with Crippen molar-refractivity contribution in [3.05, 3.63) is 87.5 Å². The molecule has 1 aliphatic rings. The van der Waals surface area contributed by atoms with Crippen LogP contribution in [0.25, 0.3) is 16.9 Å².